The molecular weight excluding hydrogens is 477 g/mol. The van der Waals surface area contributed by atoms with E-state index in [1.165, 1.54) is 7.11 Å². The van der Waals surface area contributed by atoms with Gasteiger partial charge in [0.1, 0.15) is 6.10 Å². The van der Waals surface area contributed by atoms with E-state index in [4.69, 9.17) is 18.3 Å². The number of ether oxygens (including phenoxy) is 2. The number of carbonyl (C=O) groups excluding carboxylic acids is 4. The van der Waals surface area contributed by atoms with Crippen molar-refractivity contribution in [2.45, 2.75) is 60.0 Å². The molecule has 1 unspecified atom stereocenters. The van der Waals surface area contributed by atoms with Crippen LogP contribution in [0.3, 0.4) is 0 Å². The molecule has 1 N–H and O–H groups in total. The number of Topliss-reactive ketones (excluding diaryl/α,β-unsaturated/α-hetero) is 1. The highest BCUT2D eigenvalue weighted by Gasteiger charge is 2.48. The maximum atomic E-state index is 12.7. The van der Waals surface area contributed by atoms with Crippen LogP contribution in [-0.2, 0) is 42.0 Å². The molecule has 1 heterocycles. The average molecular weight is 512 g/mol. The van der Waals surface area contributed by atoms with E-state index in [9.17, 15) is 23.7 Å². The Morgan fingerprint density at radius 2 is 1.85 bits per heavy atom. The zero-order valence-electron chi connectivity index (χ0n) is 20.0. The first kappa shape index (κ1) is 29.6. The highest BCUT2D eigenvalue weighted by Crippen LogP contribution is 2.57. The van der Waals surface area contributed by atoms with Crippen LogP contribution >= 0.6 is 19.6 Å². The lowest BCUT2D eigenvalue weighted by Crippen LogP contribution is -2.45. The summed E-state index contributed by atoms with van der Waals surface area (Å²) in [6.45, 7) is 8.23. The number of carbonyl (C=O) groups is 4. The molecule has 190 valence electrons. The summed E-state index contributed by atoms with van der Waals surface area (Å²) in [5, 5.41) is 2.44. The first-order valence-electron chi connectivity index (χ1n) is 10.4. The highest BCUT2D eigenvalue weighted by atomic mass is 32.2. The van der Waals surface area contributed by atoms with Gasteiger partial charge in [-0.15, -0.1) is 0 Å². The molecule has 1 fully saturated rings. The van der Waals surface area contributed by atoms with Gasteiger partial charge in [-0.25, -0.2) is 13.9 Å². The number of phosphoric acid groups is 1. The number of methoxy groups -OCH3 is 1. The second-order valence-corrected chi connectivity index (χ2v) is 11.8. The zero-order valence-corrected chi connectivity index (χ0v) is 21.7. The zero-order chi connectivity index (χ0) is 25.3. The van der Waals surface area contributed by atoms with Gasteiger partial charge in [0, 0.05) is 36.0 Å². The van der Waals surface area contributed by atoms with Crippen molar-refractivity contribution >= 4 is 42.5 Å². The number of hydrogen-bond acceptors (Lipinski definition) is 11. The first-order valence-corrected chi connectivity index (χ1v) is 12.9. The predicted octanol–water partition coefficient (Wildman–Crippen LogP) is 3.45. The van der Waals surface area contributed by atoms with Crippen molar-refractivity contribution < 1.29 is 46.8 Å². The Morgan fingerprint density at radius 1 is 1.18 bits per heavy atom. The fourth-order valence-electron chi connectivity index (χ4n) is 2.53. The molecule has 0 aromatic carbocycles. The largest absolute Gasteiger partial charge is 0.478 e. The van der Waals surface area contributed by atoms with Gasteiger partial charge < -0.3 is 14.8 Å². The molecule has 1 amide bonds. The fraction of sp³-hybridized carbons (Fsp3) is 0.800. The van der Waals surface area contributed by atoms with Crippen LogP contribution in [0.25, 0.3) is 0 Å². The van der Waals surface area contributed by atoms with E-state index in [0.717, 1.165) is 11.8 Å². The minimum absolute atomic E-state index is 0.00279. The van der Waals surface area contributed by atoms with Crippen molar-refractivity contribution in [1.29, 1.82) is 0 Å². The normalized spacial score (nSPS) is 22.3. The molecule has 0 aromatic heterocycles. The number of esters is 1. The molecule has 1 rings (SSSR count). The Kier molecular flexibility index (Phi) is 11.5. The molecule has 1 aliphatic rings. The molecule has 1 aliphatic heterocycles. The molecular formula is C20H34NO10PS. The second-order valence-electron chi connectivity index (χ2n) is 9.08. The Labute approximate surface area is 198 Å². The van der Waals surface area contributed by atoms with Gasteiger partial charge >= 0.3 is 19.9 Å². The number of rotatable bonds is 11. The first-order chi connectivity index (χ1) is 15.2. The van der Waals surface area contributed by atoms with E-state index in [2.05, 4.69) is 10.1 Å². The maximum absolute atomic E-state index is 12.7. The lowest BCUT2D eigenvalue weighted by atomic mass is 9.84. The van der Waals surface area contributed by atoms with E-state index >= 15 is 0 Å². The Bertz CT molecular complexity index is 764. The van der Waals surface area contributed by atoms with Crippen LogP contribution in [0.15, 0.2) is 0 Å². The van der Waals surface area contributed by atoms with Crippen LogP contribution in [0.2, 0.25) is 0 Å². The van der Waals surface area contributed by atoms with Crippen LogP contribution in [-0.4, -0.2) is 61.9 Å². The molecule has 0 bridgehead atoms. The van der Waals surface area contributed by atoms with Crippen LogP contribution in [0.4, 0.5) is 4.79 Å². The number of amides is 1. The van der Waals surface area contributed by atoms with Crippen molar-refractivity contribution in [3.8, 4) is 0 Å². The quantitative estimate of drug-likeness (QED) is 0.188. The topological polar surface area (TPSA) is 144 Å². The molecule has 0 aromatic rings. The summed E-state index contributed by atoms with van der Waals surface area (Å²) in [6, 6.07) is 0. The smallest absolute Gasteiger partial charge is 0.469 e. The summed E-state index contributed by atoms with van der Waals surface area (Å²) in [5.41, 5.74) is -1.25. The summed E-state index contributed by atoms with van der Waals surface area (Å²) < 4.78 is 37.6. The molecule has 0 radical (unpaired) electrons. The number of alkyl carbamates (subject to hydrolysis) is 1. The van der Waals surface area contributed by atoms with E-state index in [-0.39, 0.29) is 43.3 Å². The van der Waals surface area contributed by atoms with Crippen LogP contribution in [0.5, 0.6) is 0 Å². The molecule has 0 aliphatic carbocycles. The van der Waals surface area contributed by atoms with E-state index in [1.54, 1.807) is 34.6 Å². The number of nitrogens with one attached hydrogen (secondary N) is 1. The van der Waals surface area contributed by atoms with Crippen molar-refractivity contribution in [2.75, 3.05) is 32.8 Å². The van der Waals surface area contributed by atoms with Gasteiger partial charge in [0.25, 0.3) is 0 Å². The third-order valence-electron chi connectivity index (χ3n) is 4.48. The molecule has 0 saturated carbocycles. The molecule has 0 spiro atoms. The van der Waals surface area contributed by atoms with Gasteiger partial charge in [-0.1, -0.05) is 46.4 Å². The maximum Gasteiger partial charge on any atom is 0.478 e. The standard InChI is InChI=1S/C20H34NO10PS/c1-19(2,3)17(24)33-11-10-21-18(25)28-13-30-32(26)29-12-20(4,5)16(31-32)14(22)8-7-9-15(23)27-6/h16H,7-13H2,1-6H3,(H,21,25)/t16-,32?/m0/s1. The average Bonchev–Trinajstić information content (AvgIpc) is 2.72. The minimum atomic E-state index is -4.15. The van der Waals surface area contributed by atoms with Crippen molar-refractivity contribution in [3.05, 3.63) is 0 Å². The number of thioether (sulfide) groups is 1. The third-order valence-corrected chi connectivity index (χ3v) is 7.10. The SMILES string of the molecule is COC(=O)CCCC(=O)[C@@H]1OP(=O)(OCOC(=O)NCCSC(=O)C(C)(C)C)OCC1(C)C. The van der Waals surface area contributed by atoms with Gasteiger partial charge in [0.15, 0.2) is 10.9 Å². The van der Waals surface area contributed by atoms with Gasteiger partial charge in [-0.05, 0) is 6.42 Å². The molecule has 13 heteroatoms. The summed E-state index contributed by atoms with van der Waals surface area (Å²) in [4.78, 5) is 47.3. The van der Waals surface area contributed by atoms with Gasteiger partial charge in [-0.2, -0.15) is 0 Å². The lowest BCUT2D eigenvalue weighted by molar-refractivity contribution is -0.142. The predicted molar refractivity (Wildman–Crippen MR) is 120 cm³/mol. The highest BCUT2D eigenvalue weighted by molar-refractivity contribution is 8.13. The Hall–Kier alpha value is -1.46. The Balaban J connectivity index is 2.44. The van der Waals surface area contributed by atoms with E-state index < -0.39 is 43.6 Å². The molecule has 11 nitrogen and oxygen atoms in total. The molecule has 2 atom stereocenters. The van der Waals surface area contributed by atoms with Crippen LogP contribution < -0.4 is 5.32 Å². The second kappa shape index (κ2) is 12.9. The third kappa shape index (κ3) is 10.6. The van der Waals surface area contributed by atoms with Crippen molar-refractivity contribution in [2.24, 2.45) is 10.8 Å². The molecule has 33 heavy (non-hydrogen) atoms. The fourth-order valence-corrected chi connectivity index (χ4v) is 4.89. The monoisotopic (exact) mass is 511 g/mol. The minimum Gasteiger partial charge on any atom is -0.469 e. The summed E-state index contributed by atoms with van der Waals surface area (Å²) in [7, 11) is -2.88. The van der Waals surface area contributed by atoms with Crippen LogP contribution in [0, 0.1) is 10.8 Å². The summed E-state index contributed by atoms with van der Waals surface area (Å²) in [5.74, 6) is -0.415. The molecule has 1 saturated heterocycles. The van der Waals surface area contributed by atoms with Gasteiger partial charge in [0.05, 0.1) is 13.7 Å². The van der Waals surface area contributed by atoms with E-state index in [0.29, 0.717) is 5.75 Å². The summed E-state index contributed by atoms with van der Waals surface area (Å²) >= 11 is 1.10. The van der Waals surface area contributed by atoms with E-state index in [1.807, 2.05) is 0 Å². The van der Waals surface area contributed by atoms with Crippen LogP contribution in [0.1, 0.15) is 53.9 Å². The van der Waals surface area contributed by atoms with Gasteiger partial charge in [-0.3, -0.25) is 23.4 Å². The number of phosphoric ester groups is 1. The Morgan fingerprint density at radius 3 is 2.45 bits per heavy atom. The number of hydrogen-bond donors (Lipinski definition) is 1. The number of ketones is 1. The van der Waals surface area contributed by atoms with Gasteiger partial charge in [0.2, 0.25) is 6.79 Å². The van der Waals surface area contributed by atoms with Crippen molar-refractivity contribution in [3.63, 3.8) is 0 Å². The lowest BCUT2D eigenvalue weighted by Gasteiger charge is -2.39. The summed E-state index contributed by atoms with van der Waals surface area (Å²) in [6.07, 6.45) is -1.56. The van der Waals surface area contributed by atoms with Crippen molar-refractivity contribution in [1.82, 2.24) is 5.32 Å².